The summed E-state index contributed by atoms with van der Waals surface area (Å²) in [4.78, 5) is 0. The molecule has 0 aliphatic carbocycles. The Morgan fingerprint density at radius 1 is 0.789 bits per heavy atom. The van der Waals surface area contributed by atoms with Gasteiger partial charge in [-0.1, -0.05) is 39.8 Å². The van der Waals surface area contributed by atoms with Gasteiger partial charge < -0.3 is 14.2 Å². The van der Waals surface area contributed by atoms with Crippen LogP contribution in [0.4, 0.5) is 0 Å². The van der Waals surface area contributed by atoms with Crippen LogP contribution >= 0.6 is 0 Å². The molecule has 0 unspecified atom stereocenters. The number of hydrogen-bond acceptors (Lipinski definition) is 3. The molecule has 1 aromatic carbocycles. The lowest BCUT2D eigenvalue weighted by atomic mass is 10.2. The molecule has 0 spiro atoms. The van der Waals surface area contributed by atoms with Crippen molar-refractivity contribution in [3.05, 3.63) is 24.3 Å². The van der Waals surface area contributed by atoms with E-state index in [-0.39, 0.29) is 0 Å². The lowest BCUT2D eigenvalue weighted by Crippen LogP contribution is -2.11. The summed E-state index contributed by atoms with van der Waals surface area (Å²) in [5, 5.41) is 0. The van der Waals surface area contributed by atoms with Crippen molar-refractivity contribution in [3.8, 4) is 11.5 Å². The van der Waals surface area contributed by atoms with E-state index in [2.05, 4.69) is 27.7 Å². The van der Waals surface area contributed by atoms with Gasteiger partial charge in [0.25, 0.3) is 0 Å². The Labute approximate surface area is 116 Å². The molecular formula is C16H26O3. The van der Waals surface area contributed by atoms with Crippen molar-refractivity contribution in [2.75, 3.05) is 26.4 Å². The number of benzene rings is 1. The molecular weight excluding hydrogens is 240 g/mol. The summed E-state index contributed by atoms with van der Waals surface area (Å²) in [5.74, 6) is 2.65. The summed E-state index contributed by atoms with van der Waals surface area (Å²) in [6.45, 7) is 11.2. The van der Waals surface area contributed by atoms with Crippen LogP contribution in [-0.4, -0.2) is 26.4 Å². The Hall–Kier alpha value is -1.22. The quantitative estimate of drug-likeness (QED) is 0.637. The minimum Gasteiger partial charge on any atom is -0.489 e. The van der Waals surface area contributed by atoms with Crippen molar-refractivity contribution in [1.82, 2.24) is 0 Å². The molecule has 0 amide bonds. The highest BCUT2D eigenvalue weighted by Gasteiger charge is 2.05. The molecule has 3 nitrogen and oxygen atoms in total. The average molecular weight is 266 g/mol. The molecule has 0 fully saturated rings. The van der Waals surface area contributed by atoms with Gasteiger partial charge in [0.2, 0.25) is 0 Å². The van der Waals surface area contributed by atoms with Crippen LogP contribution in [0.2, 0.25) is 0 Å². The number of para-hydroxylation sites is 2. The number of hydrogen-bond donors (Lipinski definition) is 0. The minimum atomic E-state index is 0.502. The second kappa shape index (κ2) is 8.81. The van der Waals surface area contributed by atoms with Gasteiger partial charge in [-0.2, -0.15) is 0 Å². The molecule has 19 heavy (non-hydrogen) atoms. The first kappa shape index (κ1) is 15.8. The fourth-order valence-corrected chi connectivity index (χ4v) is 1.47. The molecule has 0 atom stereocenters. The van der Waals surface area contributed by atoms with Crippen molar-refractivity contribution in [2.24, 2.45) is 11.8 Å². The van der Waals surface area contributed by atoms with Crippen molar-refractivity contribution in [1.29, 1.82) is 0 Å². The van der Waals surface area contributed by atoms with Crippen LogP contribution in [0.3, 0.4) is 0 Å². The molecule has 0 N–H and O–H groups in total. The highest BCUT2D eigenvalue weighted by Crippen LogP contribution is 2.26. The maximum absolute atomic E-state index is 5.73. The lowest BCUT2D eigenvalue weighted by Gasteiger charge is -2.14. The summed E-state index contributed by atoms with van der Waals surface area (Å²) in [6, 6.07) is 7.77. The van der Waals surface area contributed by atoms with E-state index in [0.717, 1.165) is 18.1 Å². The Morgan fingerprint density at radius 2 is 1.37 bits per heavy atom. The van der Waals surface area contributed by atoms with Crippen molar-refractivity contribution < 1.29 is 14.2 Å². The van der Waals surface area contributed by atoms with Gasteiger partial charge in [0.05, 0.1) is 13.2 Å². The second-order valence-corrected chi connectivity index (χ2v) is 5.47. The first-order valence-electron chi connectivity index (χ1n) is 7.02. The summed E-state index contributed by atoms with van der Waals surface area (Å²) in [7, 11) is 0. The summed E-state index contributed by atoms with van der Waals surface area (Å²) < 4.78 is 16.9. The van der Waals surface area contributed by atoms with Crippen LogP contribution in [0.1, 0.15) is 27.7 Å². The molecule has 3 heteroatoms. The number of rotatable bonds is 9. The second-order valence-electron chi connectivity index (χ2n) is 5.47. The number of ether oxygens (including phenoxy) is 3. The van der Waals surface area contributed by atoms with Gasteiger partial charge in [-0.25, -0.2) is 0 Å². The van der Waals surface area contributed by atoms with E-state index in [4.69, 9.17) is 14.2 Å². The van der Waals surface area contributed by atoms with E-state index >= 15 is 0 Å². The Balaban J connectivity index is 2.35. The van der Waals surface area contributed by atoms with Gasteiger partial charge >= 0.3 is 0 Å². The van der Waals surface area contributed by atoms with Gasteiger partial charge in [-0.3, -0.25) is 0 Å². The zero-order valence-electron chi connectivity index (χ0n) is 12.5. The summed E-state index contributed by atoms with van der Waals surface area (Å²) in [5.41, 5.74) is 0. The third-order valence-corrected chi connectivity index (χ3v) is 2.36. The molecule has 0 radical (unpaired) electrons. The van der Waals surface area contributed by atoms with E-state index in [0.29, 0.717) is 31.7 Å². The topological polar surface area (TPSA) is 27.7 Å². The van der Waals surface area contributed by atoms with Crippen LogP contribution in [0.15, 0.2) is 24.3 Å². The summed E-state index contributed by atoms with van der Waals surface area (Å²) in [6.07, 6.45) is 0. The van der Waals surface area contributed by atoms with Gasteiger partial charge in [0, 0.05) is 6.61 Å². The van der Waals surface area contributed by atoms with E-state index < -0.39 is 0 Å². The molecule has 0 bridgehead atoms. The Bertz CT molecular complexity index is 348. The van der Waals surface area contributed by atoms with E-state index in [9.17, 15) is 0 Å². The monoisotopic (exact) mass is 266 g/mol. The largest absolute Gasteiger partial charge is 0.489 e. The van der Waals surface area contributed by atoms with Crippen LogP contribution in [-0.2, 0) is 4.74 Å². The van der Waals surface area contributed by atoms with Gasteiger partial charge in [0.15, 0.2) is 11.5 Å². The first-order valence-corrected chi connectivity index (χ1v) is 7.02. The van der Waals surface area contributed by atoms with Gasteiger partial charge in [-0.15, -0.1) is 0 Å². The molecule has 1 aromatic rings. The lowest BCUT2D eigenvalue weighted by molar-refractivity contribution is 0.0806. The normalized spacial score (nSPS) is 11.1. The molecule has 0 saturated heterocycles. The van der Waals surface area contributed by atoms with Gasteiger partial charge in [-0.05, 0) is 24.0 Å². The third-order valence-electron chi connectivity index (χ3n) is 2.36. The predicted octanol–water partition coefficient (Wildman–Crippen LogP) is 3.77. The zero-order chi connectivity index (χ0) is 14.1. The SMILES string of the molecule is CC(C)COCCOc1ccccc1OCC(C)C. The van der Waals surface area contributed by atoms with Gasteiger partial charge in [0.1, 0.15) is 6.61 Å². The van der Waals surface area contributed by atoms with E-state index in [1.54, 1.807) is 0 Å². The molecule has 0 aliphatic rings. The average Bonchev–Trinajstić information content (AvgIpc) is 2.36. The maximum atomic E-state index is 5.73. The van der Waals surface area contributed by atoms with Crippen molar-refractivity contribution >= 4 is 0 Å². The minimum absolute atomic E-state index is 0.502. The molecule has 0 heterocycles. The highest BCUT2D eigenvalue weighted by molar-refractivity contribution is 5.39. The van der Waals surface area contributed by atoms with Crippen molar-refractivity contribution in [2.45, 2.75) is 27.7 Å². The Morgan fingerprint density at radius 3 is 1.95 bits per heavy atom. The first-order chi connectivity index (χ1) is 9.09. The maximum Gasteiger partial charge on any atom is 0.161 e. The fourth-order valence-electron chi connectivity index (χ4n) is 1.47. The molecule has 0 aromatic heterocycles. The molecule has 0 saturated carbocycles. The summed E-state index contributed by atoms with van der Waals surface area (Å²) >= 11 is 0. The van der Waals surface area contributed by atoms with E-state index in [1.807, 2.05) is 24.3 Å². The molecule has 108 valence electrons. The Kier molecular flexibility index (Phi) is 7.34. The highest BCUT2D eigenvalue weighted by atomic mass is 16.5. The standard InChI is InChI=1S/C16H26O3/c1-13(2)11-17-9-10-18-15-7-5-6-8-16(15)19-12-14(3)4/h5-8,13-14H,9-12H2,1-4H3. The molecule has 1 rings (SSSR count). The predicted molar refractivity (Wildman–Crippen MR) is 77.9 cm³/mol. The van der Waals surface area contributed by atoms with Crippen LogP contribution in [0, 0.1) is 11.8 Å². The molecule has 0 aliphatic heterocycles. The van der Waals surface area contributed by atoms with Crippen molar-refractivity contribution in [3.63, 3.8) is 0 Å². The van der Waals surface area contributed by atoms with Crippen LogP contribution in [0.5, 0.6) is 11.5 Å². The third kappa shape index (κ3) is 7.06. The van der Waals surface area contributed by atoms with Crippen LogP contribution < -0.4 is 9.47 Å². The van der Waals surface area contributed by atoms with Crippen LogP contribution in [0.25, 0.3) is 0 Å². The zero-order valence-corrected chi connectivity index (χ0v) is 12.5. The van der Waals surface area contributed by atoms with E-state index in [1.165, 1.54) is 0 Å². The fraction of sp³-hybridized carbons (Fsp3) is 0.625. The smallest absolute Gasteiger partial charge is 0.161 e.